The maximum absolute atomic E-state index is 11.7. The number of tetrazole rings is 1. The zero-order valence-electron chi connectivity index (χ0n) is 9.40. The molecule has 1 N–H and O–H groups in total. The fourth-order valence-electron chi connectivity index (χ4n) is 1.54. The van der Waals surface area contributed by atoms with Gasteiger partial charge in [-0.15, -0.1) is 0 Å². The van der Waals surface area contributed by atoms with Crippen molar-refractivity contribution in [2.75, 3.05) is 0 Å². The third kappa shape index (κ3) is 1.82. The fraction of sp³-hybridized carbons (Fsp3) is 0.200. The number of hydrogen-bond donors (Lipinski definition) is 1. The monoisotopic (exact) mass is 233 g/mol. The first-order valence-corrected chi connectivity index (χ1v) is 4.91. The van der Waals surface area contributed by atoms with E-state index in [9.17, 15) is 4.79 Å². The van der Waals surface area contributed by atoms with Crippen LogP contribution in [-0.2, 0) is 7.05 Å². The van der Waals surface area contributed by atoms with Gasteiger partial charge in [0.1, 0.15) is 0 Å². The van der Waals surface area contributed by atoms with Crippen molar-refractivity contribution in [2.45, 2.75) is 6.92 Å². The molecular formula is C10H11N5O2. The molecule has 0 fully saturated rings. The van der Waals surface area contributed by atoms with Gasteiger partial charge >= 0.3 is 5.69 Å². The summed E-state index contributed by atoms with van der Waals surface area (Å²) in [6.07, 6.45) is 1.27. The number of aryl methyl sites for hydroxylation is 2. The van der Waals surface area contributed by atoms with Gasteiger partial charge in [-0.25, -0.2) is 4.79 Å². The number of oxime groups is 1. The van der Waals surface area contributed by atoms with E-state index in [-0.39, 0.29) is 5.69 Å². The topological polar surface area (TPSA) is 85.3 Å². The predicted octanol–water partition coefficient (Wildman–Crippen LogP) is 0.0825. The maximum atomic E-state index is 11.7. The molecule has 0 saturated carbocycles. The van der Waals surface area contributed by atoms with Gasteiger partial charge in [0.2, 0.25) is 0 Å². The third-order valence-corrected chi connectivity index (χ3v) is 2.44. The van der Waals surface area contributed by atoms with E-state index in [0.29, 0.717) is 11.3 Å². The van der Waals surface area contributed by atoms with Crippen molar-refractivity contribution in [3.8, 4) is 5.69 Å². The second-order valence-electron chi connectivity index (χ2n) is 3.55. The summed E-state index contributed by atoms with van der Waals surface area (Å²) in [6.45, 7) is 1.85. The molecule has 2 rings (SSSR count). The molecule has 7 nitrogen and oxygen atoms in total. The summed E-state index contributed by atoms with van der Waals surface area (Å²) in [5.41, 5.74) is 1.67. The average Bonchev–Trinajstić information content (AvgIpc) is 2.63. The molecule has 1 heterocycles. The second kappa shape index (κ2) is 4.20. The van der Waals surface area contributed by atoms with Crippen molar-refractivity contribution in [3.05, 3.63) is 39.8 Å². The average molecular weight is 233 g/mol. The molecule has 0 aliphatic heterocycles. The van der Waals surface area contributed by atoms with Gasteiger partial charge in [0.25, 0.3) is 0 Å². The predicted molar refractivity (Wildman–Crippen MR) is 60.7 cm³/mol. The van der Waals surface area contributed by atoms with Crippen molar-refractivity contribution < 1.29 is 5.21 Å². The number of hydrogen-bond acceptors (Lipinski definition) is 5. The van der Waals surface area contributed by atoms with E-state index in [2.05, 4.69) is 15.6 Å². The highest BCUT2D eigenvalue weighted by Gasteiger charge is 2.11. The molecule has 0 bridgehead atoms. The molecule has 0 amide bonds. The minimum atomic E-state index is -0.358. The molecule has 1 aromatic carbocycles. The summed E-state index contributed by atoms with van der Waals surface area (Å²) in [4.78, 5) is 11.7. The van der Waals surface area contributed by atoms with Gasteiger partial charge in [-0.3, -0.25) is 0 Å². The number of nitrogens with zero attached hydrogens (tertiary/aromatic N) is 5. The lowest BCUT2D eigenvalue weighted by molar-refractivity contribution is 0.322. The van der Waals surface area contributed by atoms with E-state index in [4.69, 9.17) is 5.21 Å². The lowest BCUT2D eigenvalue weighted by Gasteiger charge is -2.05. The van der Waals surface area contributed by atoms with Crippen LogP contribution in [-0.4, -0.2) is 31.2 Å². The standard InChI is InChI=1S/C10H11N5O2/c1-7-4-3-5-9(8(7)6-11-17)15-10(16)14(2)12-13-15/h3-6,17H,1-2H3. The van der Waals surface area contributed by atoms with E-state index in [1.807, 2.05) is 13.0 Å². The summed E-state index contributed by atoms with van der Waals surface area (Å²) in [5, 5.41) is 19.0. The number of rotatable bonds is 2. The molecule has 88 valence electrons. The van der Waals surface area contributed by atoms with Crippen LogP contribution >= 0.6 is 0 Å². The van der Waals surface area contributed by atoms with Crippen molar-refractivity contribution in [1.29, 1.82) is 0 Å². The molecule has 7 heteroatoms. The Morgan fingerprint density at radius 1 is 1.41 bits per heavy atom. The summed E-state index contributed by atoms with van der Waals surface area (Å²) < 4.78 is 2.28. The van der Waals surface area contributed by atoms with Crippen LogP contribution < -0.4 is 5.69 Å². The first-order chi connectivity index (χ1) is 8.15. The summed E-state index contributed by atoms with van der Waals surface area (Å²) in [7, 11) is 1.52. The van der Waals surface area contributed by atoms with E-state index in [1.165, 1.54) is 13.3 Å². The van der Waals surface area contributed by atoms with Crippen molar-refractivity contribution >= 4 is 6.21 Å². The van der Waals surface area contributed by atoms with Crippen LogP contribution in [0.1, 0.15) is 11.1 Å². The Kier molecular flexibility index (Phi) is 2.73. The maximum Gasteiger partial charge on any atom is 0.368 e. The van der Waals surface area contributed by atoms with Crippen LogP contribution in [0.3, 0.4) is 0 Å². The molecule has 1 aromatic heterocycles. The van der Waals surface area contributed by atoms with Crippen LogP contribution in [0.15, 0.2) is 28.1 Å². The lowest BCUT2D eigenvalue weighted by atomic mass is 10.1. The van der Waals surface area contributed by atoms with E-state index >= 15 is 0 Å². The zero-order chi connectivity index (χ0) is 12.4. The number of aromatic nitrogens is 4. The van der Waals surface area contributed by atoms with Gasteiger partial charge in [-0.05, 0) is 29.0 Å². The Morgan fingerprint density at radius 2 is 2.18 bits per heavy atom. The minimum Gasteiger partial charge on any atom is -0.411 e. The third-order valence-electron chi connectivity index (χ3n) is 2.44. The van der Waals surface area contributed by atoms with Crippen LogP contribution in [0.2, 0.25) is 0 Å². The Balaban J connectivity index is 2.71. The quantitative estimate of drug-likeness (QED) is 0.452. The Labute approximate surface area is 96.6 Å². The molecule has 0 unspecified atom stereocenters. The molecule has 0 radical (unpaired) electrons. The van der Waals surface area contributed by atoms with Crippen molar-refractivity contribution in [2.24, 2.45) is 12.2 Å². The van der Waals surface area contributed by atoms with E-state index in [0.717, 1.165) is 14.9 Å². The highest BCUT2D eigenvalue weighted by Crippen LogP contribution is 2.14. The first kappa shape index (κ1) is 11.1. The summed E-state index contributed by atoms with van der Waals surface area (Å²) in [6, 6.07) is 5.35. The van der Waals surface area contributed by atoms with Gasteiger partial charge < -0.3 is 5.21 Å². The minimum absolute atomic E-state index is 0.358. The summed E-state index contributed by atoms with van der Waals surface area (Å²) in [5.74, 6) is 0. The molecule has 0 saturated heterocycles. The van der Waals surface area contributed by atoms with Crippen LogP contribution in [0.25, 0.3) is 5.69 Å². The van der Waals surface area contributed by atoms with Gasteiger partial charge in [0, 0.05) is 12.6 Å². The Hall–Kier alpha value is -2.44. The molecule has 2 aromatic rings. The lowest BCUT2D eigenvalue weighted by Crippen LogP contribution is -2.23. The number of benzene rings is 1. The Bertz CT molecular complexity index is 626. The van der Waals surface area contributed by atoms with Gasteiger partial charge in [-0.2, -0.15) is 9.36 Å². The van der Waals surface area contributed by atoms with Gasteiger partial charge in [0.05, 0.1) is 11.9 Å². The molecule has 0 aliphatic carbocycles. The zero-order valence-corrected chi connectivity index (χ0v) is 9.40. The van der Waals surface area contributed by atoms with Crippen molar-refractivity contribution in [1.82, 2.24) is 19.8 Å². The molecule has 0 aliphatic rings. The van der Waals surface area contributed by atoms with Crippen molar-refractivity contribution in [3.63, 3.8) is 0 Å². The highest BCUT2D eigenvalue weighted by atomic mass is 16.4. The van der Waals surface area contributed by atoms with E-state index in [1.54, 1.807) is 12.1 Å². The molecule has 17 heavy (non-hydrogen) atoms. The first-order valence-electron chi connectivity index (χ1n) is 4.91. The SMILES string of the molecule is Cc1cccc(-n2nnn(C)c2=O)c1C=NO. The van der Waals surface area contributed by atoms with E-state index < -0.39 is 0 Å². The van der Waals surface area contributed by atoms with Crippen LogP contribution in [0.5, 0.6) is 0 Å². The molecule has 0 atom stereocenters. The van der Waals surface area contributed by atoms with Gasteiger partial charge in [-0.1, -0.05) is 17.3 Å². The Morgan fingerprint density at radius 3 is 2.76 bits per heavy atom. The van der Waals surface area contributed by atoms with Gasteiger partial charge in [0.15, 0.2) is 0 Å². The smallest absolute Gasteiger partial charge is 0.368 e. The van der Waals surface area contributed by atoms with Crippen LogP contribution in [0, 0.1) is 6.92 Å². The second-order valence-corrected chi connectivity index (χ2v) is 3.55. The fourth-order valence-corrected chi connectivity index (χ4v) is 1.54. The molecular weight excluding hydrogens is 222 g/mol. The molecule has 0 spiro atoms. The summed E-state index contributed by atoms with van der Waals surface area (Å²) >= 11 is 0. The normalized spacial score (nSPS) is 11.2. The largest absolute Gasteiger partial charge is 0.411 e. The van der Waals surface area contributed by atoms with Crippen LogP contribution in [0.4, 0.5) is 0 Å². The highest BCUT2D eigenvalue weighted by molar-refractivity contribution is 5.86.